The Morgan fingerprint density at radius 1 is 0.720 bits per heavy atom. The number of likely N-dealkylation sites (N-methyl/N-ethyl adjacent to an activating group) is 1. The van der Waals surface area contributed by atoms with Crippen LogP contribution in [0.2, 0.25) is 0 Å². The van der Waals surface area contributed by atoms with Gasteiger partial charge in [0.1, 0.15) is 12.6 Å². The summed E-state index contributed by atoms with van der Waals surface area (Å²) in [6.45, 7) is 6.61. The molecule has 2 unspecified atom stereocenters. The average Bonchev–Trinajstić information content (AvgIpc) is 2.52. The summed E-state index contributed by atoms with van der Waals surface area (Å²) in [4.78, 5) is 0. The highest BCUT2D eigenvalue weighted by molar-refractivity contribution is 4.61. The maximum atomic E-state index is 10.1. The third-order valence-corrected chi connectivity index (χ3v) is 4.85. The van der Waals surface area contributed by atoms with E-state index in [9.17, 15) is 5.11 Å². The Morgan fingerprint density at radius 3 is 1.72 bits per heavy atom. The second-order valence-corrected chi connectivity index (χ2v) is 8.94. The molecule has 25 heavy (non-hydrogen) atoms. The van der Waals surface area contributed by atoms with Crippen molar-refractivity contribution in [2.45, 2.75) is 97.0 Å². The molecule has 0 aromatic rings. The Hall–Kier alpha value is -0.120. The summed E-state index contributed by atoms with van der Waals surface area (Å²) in [5.74, 6) is 0.680. The number of hydrogen-bond acceptors (Lipinski definition) is 2. The van der Waals surface area contributed by atoms with Gasteiger partial charge in [-0.2, -0.15) is 0 Å². The molecule has 0 saturated heterocycles. The Bertz CT molecular complexity index is 276. The molecule has 0 rings (SSSR count). The average molecular weight is 359 g/mol. The highest BCUT2D eigenvalue weighted by Crippen LogP contribution is 2.19. The molecule has 3 nitrogen and oxygen atoms in total. The van der Waals surface area contributed by atoms with Crippen LogP contribution in [0.5, 0.6) is 0 Å². The zero-order chi connectivity index (χ0) is 19.0. The van der Waals surface area contributed by atoms with Gasteiger partial charge in [0.25, 0.3) is 0 Å². The van der Waals surface area contributed by atoms with Crippen LogP contribution in [0.15, 0.2) is 0 Å². The molecule has 0 aromatic heterocycles. The van der Waals surface area contributed by atoms with Crippen molar-refractivity contribution in [2.24, 2.45) is 5.92 Å². The summed E-state index contributed by atoms with van der Waals surface area (Å²) in [5, 5.41) is 10.1. The van der Waals surface area contributed by atoms with Gasteiger partial charge in [0.2, 0.25) is 0 Å². The third-order valence-electron chi connectivity index (χ3n) is 4.85. The number of nitrogens with zero attached hydrogens (tertiary/aromatic N) is 1. The molecule has 152 valence electrons. The zero-order valence-electron chi connectivity index (χ0n) is 18.1. The first-order valence-electron chi connectivity index (χ1n) is 10.9. The van der Waals surface area contributed by atoms with Gasteiger partial charge >= 0.3 is 0 Å². The molecule has 0 aliphatic carbocycles. The largest absolute Gasteiger partial charge is 0.385 e. The first-order chi connectivity index (χ1) is 11.9. The lowest BCUT2D eigenvalue weighted by molar-refractivity contribution is -0.873. The topological polar surface area (TPSA) is 29.5 Å². The van der Waals surface area contributed by atoms with Crippen molar-refractivity contribution in [2.75, 3.05) is 40.9 Å². The lowest BCUT2D eigenvalue weighted by atomic mass is 9.95. The number of ether oxygens (including phenoxy) is 1. The van der Waals surface area contributed by atoms with E-state index in [0.717, 1.165) is 17.6 Å². The third kappa shape index (κ3) is 18.5. The van der Waals surface area contributed by atoms with Gasteiger partial charge in [-0.05, 0) is 18.8 Å². The summed E-state index contributed by atoms with van der Waals surface area (Å²) in [6, 6.07) is 0. The molecule has 1 N–H and O–H groups in total. The van der Waals surface area contributed by atoms with Crippen LogP contribution in [0.4, 0.5) is 0 Å². The summed E-state index contributed by atoms with van der Waals surface area (Å²) in [7, 11) is 6.33. The lowest BCUT2D eigenvalue weighted by Gasteiger charge is -2.27. The van der Waals surface area contributed by atoms with E-state index in [0.29, 0.717) is 12.5 Å². The molecule has 0 fully saturated rings. The molecule has 3 heteroatoms. The van der Waals surface area contributed by atoms with Crippen LogP contribution in [0.3, 0.4) is 0 Å². The molecule has 0 spiro atoms. The minimum absolute atomic E-state index is 0.352. The monoisotopic (exact) mass is 358 g/mol. The van der Waals surface area contributed by atoms with Gasteiger partial charge in [0.05, 0.1) is 27.7 Å². The van der Waals surface area contributed by atoms with Gasteiger partial charge in [0, 0.05) is 6.61 Å². The lowest BCUT2D eigenvalue weighted by Crippen LogP contribution is -2.43. The van der Waals surface area contributed by atoms with Crippen molar-refractivity contribution in [1.29, 1.82) is 0 Å². The molecule has 0 aromatic carbocycles. The van der Waals surface area contributed by atoms with Crippen molar-refractivity contribution in [3.05, 3.63) is 0 Å². The number of rotatable bonds is 18. The molecule has 0 saturated carbocycles. The van der Waals surface area contributed by atoms with Crippen LogP contribution in [-0.4, -0.2) is 56.6 Å². The number of hydrogen-bond donors (Lipinski definition) is 1. The first-order valence-corrected chi connectivity index (χ1v) is 10.9. The maximum absolute atomic E-state index is 10.1. The van der Waals surface area contributed by atoms with Crippen LogP contribution in [0.25, 0.3) is 0 Å². The maximum Gasteiger partial charge on any atom is 0.126 e. The number of unbranched alkanes of at least 4 members (excludes halogenated alkanes) is 8. The van der Waals surface area contributed by atoms with E-state index in [4.69, 9.17) is 4.74 Å². The summed E-state index contributed by atoms with van der Waals surface area (Å²) < 4.78 is 6.68. The number of aliphatic hydroxyl groups excluding tert-OH is 1. The molecule has 0 radical (unpaired) electrons. The van der Waals surface area contributed by atoms with Gasteiger partial charge < -0.3 is 14.3 Å². The number of quaternary nitrogens is 1. The van der Waals surface area contributed by atoms with Gasteiger partial charge in [-0.3, -0.25) is 0 Å². The highest BCUT2D eigenvalue weighted by atomic mass is 16.5. The van der Waals surface area contributed by atoms with E-state index in [2.05, 4.69) is 35.0 Å². The van der Waals surface area contributed by atoms with Crippen LogP contribution in [-0.2, 0) is 4.74 Å². The van der Waals surface area contributed by atoms with Crippen molar-refractivity contribution in [1.82, 2.24) is 0 Å². The Kier molecular flexibility index (Phi) is 16.0. The molecule has 0 heterocycles. The van der Waals surface area contributed by atoms with E-state index < -0.39 is 0 Å². The van der Waals surface area contributed by atoms with Crippen LogP contribution < -0.4 is 0 Å². The van der Waals surface area contributed by atoms with Crippen LogP contribution >= 0.6 is 0 Å². The van der Waals surface area contributed by atoms with E-state index in [1.165, 1.54) is 77.0 Å². The predicted molar refractivity (Wildman–Crippen MR) is 110 cm³/mol. The molecular formula is C22H48NO2+. The van der Waals surface area contributed by atoms with E-state index in [-0.39, 0.29) is 6.10 Å². The van der Waals surface area contributed by atoms with Gasteiger partial charge in [-0.1, -0.05) is 78.1 Å². The Labute approximate surface area is 158 Å². The molecule has 2 atom stereocenters. The van der Waals surface area contributed by atoms with Crippen LogP contribution in [0.1, 0.15) is 90.9 Å². The fraction of sp³-hybridized carbons (Fsp3) is 1.00. The van der Waals surface area contributed by atoms with E-state index >= 15 is 0 Å². The van der Waals surface area contributed by atoms with Gasteiger partial charge in [-0.25, -0.2) is 0 Å². The Morgan fingerprint density at radius 2 is 1.20 bits per heavy atom. The van der Waals surface area contributed by atoms with E-state index in [1.807, 2.05) is 0 Å². The highest BCUT2D eigenvalue weighted by Gasteiger charge is 2.16. The predicted octanol–water partition coefficient (Wildman–Crippen LogP) is 5.41. The summed E-state index contributed by atoms with van der Waals surface area (Å²) in [6.07, 6.45) is 15.8. The molecule has 0 bridgehead atoms. The molecular weight excluding hydrogens is 310 g/mol. The standard InChI is InChI=1S/C22H48NO2/c1-6-8-10-12-13-15-17-21(16-14-11-9-7-2)19-25-20-22(24)18-23(3,4)5/h21-22,24H,6-20H2,1-5H3/q+1. The minimum atomic E-state index is -0.352. The minimum Gasteiger partial charge on any atom is -0.385 e. The summed E-state index contributed by atoms with van der Waals surface area (Å²) in [5.41, 5.74) is 0. The van der Waals surface area contributed by atoms with Gasteiger partial charge in [-0.15, -0.1) is 0 Å². The molecule has 0 amide bonds. The number of aliphatic hydroxyl groups is 1. The van der Waals surface area contributed by atoms with Gasteiger partial charge in [0.15, 0.2) is 0 Å². The van der Waals surface area contributed by atoms with Crippen molar-refractivity contribution in [3.63, 3.8) is 0 Å². The van der Waals surface area contributed by atoms with Crippen LogP contribution in [0, 0.1) is 5.92 Å². The fourth-order valence-electron chi connectivity index (χ4n) is 3.44. The Balaban J connectivity index is 3.98. The fourth-order valence-corrected chi connectivity index (χ4v) is 3.44. The first kappa shape index (κ1) is 24.9. The second-order valence-electron chi connectivity index (χ2n) is 8.94. The van der Waals surface area contributed by atoms with Crippen molar-refractivity contribution < 1.29 is 14.3 Å². The second kappa shape index (κ2) is 16.1. The molecule has 0 aliphatic rings. The quantitative estimate of drug-likeness (QED) is 0.262. The van der Waals surface area contributed by atoms with Crippen molar-refractivity contribution in [3.8, 4) is 0 Å². The summed E-state index contributed by atoms with van der Waals surface area (Å²) >= 11 is 0. The normalized spacial score (nSPS) is 14.6. The molecule has 0 aliphatic heterocycles. The SMILES string of the molecule is CCCCCCCCC(CCCCCC)COCC(O)C[N+](C)(C)C. The van der Waals surface area contributed by atoms with E-state index in [1.54, 1.807) is 0 Å². The smallest absolute Gasteiger partial charge is 0.126 e. The van der Waals surface area contributed by atoms with Crippen molar-refractivity contribution >= 4 is 0 Å². The zero-order valence-corrected chi connectivity index (χ0v) is 18.1.